The third-order valence-electron chi connectivity index (χ3n) is 3.65. The van der Waals surface area contributed by atoms with Crippen molar-refractivity contribution in [3.63, 3.8) is 0 Å². The predicted octanol–water partition coefficient (Wildman–Crippen LogP) is 3.04. The third-order valence-corrected chi connectivity index (χ3v) is 3.65. The van der Waals surface area contributed by atoms with Crippen LogP contribution in [0.15, 0.2) is 28.9 Å². The summed E-state index contributed by atoms with van der Waals surface area (Å²) in [5.74, 6) is 0. The van der Waals surface area contributed by atoms with Crippen LogP contribution in [0.2, 0.25) is 0 Å². The first-order chi connectivity index (χ1) is 7.84. The summed E-state index contributed by atoms with van der Waals surface area (Å²) in [5.41, 5.74) is 3.83. The Morgan fingerprint density at radius 2 is 2.31 bits per heavy atom. The first-order valence-corrected chi connectivity index (χ1v) is 6.03. The lowest BCUT2D eigenvalue weighted by Crippen LogP contribution is -2.23. The summed E-state index contributed by atoms with van der Waals surface area (Å²) >= 11 is 0. The van der Waals surface area contributed by atoms with Gasteiger partial charge in [0, 0.05) is 11.4 Å². The smallest absolute Gasteiger partial charge is 0.134 e. The van der Waals surface area contributed by atoms with Crippen LogP contribution in [0.25, 0.3) is 11.0 Å². The van der Waals surface area contributed by atoms with Gasteiger partial charge in [0.1, 0.15) is 5.58 Å². The molecule has 0 amide bonds. The van der Waals surface area contributed by atoms with E-state index in [1.165, 1.54) is 35.9 Å². The van der Waals surface area contributed by atoms with E-state index in [0.717, 1.165) is 12.0 Å². The molecule has 0 bridgehead atoms. The van der Waals surface area contributed by atoms with E-state index in [9.17, 15) is 0 Å². The van der Waals surface area contributed by atoms with Crippen molar-refractivity contribution in [2.75, 3.05) is 6.54 Å². The Balaban J connectivity index is 1.93. The fraction of sp³-hybridized carbons (Fsp3) is 0.429. The normalized spacial score (nSPS) is 20.7. The topological polar surface area (TPSA) is 25.2 Å². The van der Waals surface area contributed by atoms with Gasteiger partial charge in [-0.25, -0.2) is 0 Å². The second-order valence-electron chi connectivity index (χ2n) is 4.68. The van der Waals surface area contributed by atoms with E-state index in [2.05, 4.69) is 30.4 Å². The van der Waals surface area contributed by atoms with Crippen molar-refractivity contribution < 1.29 is 4.42 Å². The Labute approximate surface area is 95.6 Å². The van der Waals surface area contributed by atoms with Crippen LogP contribution >= 0.6 is 0 Å². The van der Waals surface area contributed by atoms with Crippen molar-refractivity contribution in [1.82, 2.24) is 5.32 Å². The molecular weight excluding hydrogens is 198 g/mol. The Hall–Kier alpha value is -1.28. The zero-order chi connectivity index (χ0) is 11.0. The Morgan fingerprint density at radius 3 is 3.12 bits per heavy atom. The molecule has 1 aromatic carbocycles. The number of hydrogen-bond donors (Lipinski definition) is 1. The number of aryl methyl sites for hydroxylation is 1. The molecule has 0 spiro atoms. The van der Waals surface area contributed by atoms with E-state index in [1.54, 1.807) is 6.26 Å². The van der Waals surface area contributed by atoms with Gasteiger partial charge in [-0.3, -0.25) is 0 Å². The molecule has 1 unspecified atom stereocenters. The highest BCUT2D eigenvalue weighted by Gasteiger charge is 2.16. The number of rotatable bonds is 2. The van der Waals surface area contributed by atoms with Crippen LogP contribution in [0.1, 0.15) is 24.0 Å². The summed E-state index contributed by atoms with van der Waals surface area (Å²) in [6.07, 6.45) is 5.54. The first kappa shape index (κ1) is 9.91. The quantitative estimate of drug-likeness (QED) is 0.833. The van der Waals surface area contributed by atoms with E-state index in [1.807, 2.05) is 0 Å². The van der Waals surface area contributed by atoms with Crippen LogP contribution in [-0.4, -0.2) is 12.6 Å². The summed E-state index contributed by atoms with van der Waals surface area (Å²) in [6.45, 7) is 3.37. The summed E-state index contributed by atoms with van der Waals surface area (Å²) in [4.78, 5) is 0. The largest absolute Gasteiger partial charge is 0.464 e. The minimum atomic E-state index is 0.669. The molecule has 0 aliphatic carbocycles. The molecule has 1 saturated heterocycles. The monoisotopic (exact) mass is 215 g/mol. The summed E-state index contributed by atoms with van der Waals surface area (Å²) in [7, 11) is 0. The number of hydrogen-bond acceptors (Lipinski definition) is 2. The highest BCUT2D eigenvalue weighted by Crippen LogP contribution is 2.24. The minimum absolute atomic E-state index is 0.669. The molecule has 0 saturated carbocycles. The standard InChI is InChI=1S/C14H17NO/c1-10-11(9-12-3-2-7-15-12)4-5-14-13(10)6-8-16-14/h4-6,8,12,15H,2-3,7,9H2,1H3. The fourth-order valence-electron chi connectivity index (χ4n) is 2.65. The number of benzene rings is 1. The highest BCUT2D eigenvalue weighted by atomic mass is 16.3. The maximum Gasteiger partial charge on any atom is 0.134 e. The molecule has 1 atom stereocenters. The van der Waals surface area contributed by atoms with Gasteiger partial charge in [-0.15, -0.1) is 0 Å². The molecule has 2 heterocycles. The van der Waals surface area contributed by atoms with Gasteiger partial charge >= 0.3 is 0 Å². The lowest BCUT2D eigenvalue weighted by Gasteiger charge is -2.12. The van der Waals surface area contributed by atoms with Crippen LogP contribution in [0.5, 0.6) is 0 Å². The Bertz CT molecular complexity index is 494. The lowest BCUT2D eigenvalue weighted by atomic mass is 9.98. The van der Waals surface area contributed by atoms with Crippen LogP contribution in [0.3, 0.4) is 0 Å². The third kappa shape index (κ3) is 1.63. The average Bonchev–Trinajstić information content (AvgIpc) is 2.93. The van der Waals surface area contributed by atoms with Gasteiger partial charge in [0.05, 0.1) is 6.26 Å². The van der Waals surface area contributed by atoms with Gasteiger partial charge in [-0.2, -0.15) is 0 Å². The molecule has 1 aromatic heterocycles. The van der Waals surface area contributed by atoms with Crippen LogP contribution < -0.4 is 5.32 Å². The predicted molar refractivity (Wildman–Crippen MR) is 65.7 cm³/mol. The summed E-state index contributed by atoms with van der Waals surface area (Å²) in [5, 5.41) is 4.81. The van der Waals surface area contributed by atoms with Crippen molar-refractivity contribution in [2.24, 2.45) is 0 Å². The second kappa shape index (κ2) is 3.95. The molecule has 1 N–H and O–H groups in total. The van der Waals surface area contributed by atoms with Crippen molar-refractivity contribution in [2.45, 2.75) is 32.2 Å². The van der Waals surface area contributed by atoms with E-state index in [4.69, 9.17) is 4.42 Å². The molecule has 1 fully saturated rings. The van der Waals surface area contributed by atoms with E-state index in [0.29, 0.717) is 6.04 Å². The van der Waals surface area contributed by atoms with Crippen LogP contribution in [-0.2, 0) is 6.42 Å². The van der Waals surface area contributed by atoms with Crippen LogP contribution in [0.4, 0.5) is 0 Å². The molecule has 2 aromatic rings. The Morgan fingerprint density at radius 1 is 1.38 bits per heavy atom. The number of nitrogens with one attached hydrogen (secondary N) is 1. The molecule has 2 nitrogen and oxygen atoms in total. The first-order valence-electron chi connectivity index (χ1n) is 6.03. The number of fused-ring (bicyclic) bond motifs is 1. The molecule has 3 rings (SSSR count). The van der Waals surface area contributed by atoms with Crippen molar-refractivity contribution in [1.29, 1.82) is 0 Å². The molecule has 84 valence electrons. The zero-order valence-corrected chi connectivity index (χ0v) is 9.62. The van der Waals surface area contributed by atoms with Gasteiger partial charge in [0.15, 0.2) is 0 Å². The van der Waals surface area contributed by atoms with Gasteiger partial charge in [0.2, 0.25) is 0 Å². The molecule has 1 aliphatic heterocycles. The molecule has 1 aliphatic rings. The zero-order valence-electron chi connectivity index (χ0n) is 9.62. The summed E-state index contributed by atoms with van der Waals surface area (Å²) in [6, 6.07) is 7.03. The van der Waals surface area contributed by atoms with Gasteiger partial charge in [-0.05, 0) is 56.0 Å². The van der Waals surface area contributed by atoms with Crippen molar-refractivity contribution in [3.8, 4) is 0 Å². The molecule has 2 heteroatoms. The number of furan rings is 1. The second-order valence-corrected chi connectivity index (χ2v) is 4.68. The van der Waals surface area contributed by atoms with Crippen LogP contribution in [0, 0.1) is 6.92 Å². The van der Waals surface area contributed by atoms with E-state index >= 15 is 0 Å². The fourth-order valence-corrected chi connectivity index (χ4v) is 2.65. The van der Waals surface area contributed by atoms with Gasteiger partial charge in [0.25, 0.3) is 0 Å². The molecular formula is C14H17NO. The van der Waals surface area contributed by atoms with E-state index < -0.39 is 0 Å². The highest BCUT2D eigenvalue weighted by molar-refractivity contribution is 5.81. The van der Waals surface area contributed by atoms with Gasteiger partial charge in [-0.1, -0.05) is 6.07 Å². The molecule has 16 heavy (non-hydrogen) atoms. The SMILES string of the molecule is Cc1c(CC2CCCN2)ccc2occc12. The van der Waals surface area contributed by atoms with Crippen molar-refractivity contribution in [3.05, 3.63) is 35.6 Å². The van der Waals surface area contributed by atoms with Crippen molar-refractivity contribution >= 4 is 11.0 Å². The Kier molecular flexibility index (Phi) is 2.44. The molecule has 0 radical (unpaired) electrons. The maximum atomic E-state index is 5.41. The average molecular weight is 215 g/mol. The minimum Gasteiger partial charge on any atom is -0.464 e. The van der Waals surface area contributed by atoms with Gasteiger partial charge < -0.3 is 9.73 Å². The maximum absolute atomic E-state index is 5.41. The van der Waals surface area contributed by atoms with E-state index in [-0.39, 0.29) is 0 Å². The summed E-state index contributed by atoms with van der Waals surface area (Å²) < 4.78 is 5.41. The lowest BCUT2D eigenvalue weighted by molar-refractivity contribution is 0.600.